The van der Waals surface area contributed by atoms with Crippen LogP contribution in [0.15, 0.2) is 41.2 Å². The molecule has 0 aliphatic carbocycles. The number of nitrogens with one attached hydrogen (secondary N) is 2. The highest BCUT2D eigenvalue weighted by Crippen LogP contribution is 2.38. The number of carbonyl (C=O) groups excluding carboxylic acids is 3. The Morgan fingerprint density at radius 1 is 1.11 bits per heavy atom. The molecule has 3 rings (SSSR count). The topological polar surface area (TPSA) is 97.5 Å². The Morgan fingerprint density at radius 2 is 1.96 bits per heavy atom. The van der Waals surface area contributed by atoms with E-state index in [4.69, 9.17) is 9.47 Å². The Kier molecular flexibility index (Phi) is 6.05. The highest BCUT2D eigenvalue weighted by Gasteiger charge is 2.23. The number of amides is 1. The van der Waals surface area contributed by atoms with Crippen LogP contribution >= 0.6 is 22.7 Å². The predicted octanol–water partition coefficient (Wildman–Crippen LogP) is 3.78. The normalized spacial score (nSPS) is 10.4. The summed E-state index contributed by atoms with van der Waals surface area (Å²) in [6, 6.07) is 6.97. The van der Waals surface area contributed by atoms with Gasteiger partial charge in [0.1, 0.15) is 16.3 Å². The van der Waals surface area contributed by atoms with Gasteiger partial charge in [-0.25, -0.2) is 9.59 Å². The molecule has 0 atom stereocenters. The van der Waals surface area contributed by atoms with Crippen LogP contribution in [0, 0.1) is 0 Å². The minimum atomic E-state index is -0.633. The molecule has 3 aromatic heterocycles. The molecular formula is C18H16N2O5S2. The van der Waals surface area contributed by atoms with Gasteiger partial charge in [0.05, 0.1) is 6.61 Å². The minimum Gasteiger partial charge on any atom is -0.462 e. The Morgan fingerprint density at radius 3 is 2.63 bits per heavy atom. The molecule has 2 N–H and O–H groups in total. The molecule has 140 valence electrons. The fourth-order valence-corrected chi connectivity index (χ4v) is 4.09. The number of esters is 2. The number of hydrogen-bond acceptors (Lipinski definition) is 7. The summed E-state index contributed by atoms with van der Waals surface area (Å²) < 4.78 is 10.1. The van der Waals surface area contributed by atoms with Crippen LogP contribution in [-0.4, -0.2) is 36.0 Å². The van der Waals surface area contributed by atoms with E-state index >= 15 is 0 Å². The van der Waals surface area contributed by atoms with Gasteiger partial charge in [-0.3, -0.25) is 4.79 Å². The molecule has 0 unspecified atom stereocenters. The molecule has 1 amide bonds. The molecule has 0 saturated heterocycles. The summed E-state index contributed by atoms with van der Waals surface area (Å²) in [6.07, 6.45) is 1.58. The van der Waals surface area contributed by atoms with Gasteiger partial charge in [0, 0.05) is 22.0 Å². The lowest BCUT2D eigenvalue weighted by Crippen LogP contribution is -2.21. The summed E-state index contributed by atoms with van der Waals surface area (Å²) in [7, 11) is 0. The number of carbonyl (C=O) groups is 3. The van der Waals surface area contributed by atoms with Gasteiger partial charge in [-0.1, -0.05) is 6.07 Å². The lowest BCUT2D eigenvalue weighted by atomic mass is 10.1. The smallest absolute Gasteiger partial charge is 0.355 e. The molecule has 0 aromatic carbocycles. The van der Waals surface area contributed by atoms with E-state index in [1.165, 1.54) is 22.7 Å². The van der Waals surface area contributed by atoms with Gasteiger partial charge in [0.2, 0.25) is 0 Å². The molecule has 0 aliphatic heterocycles. The molecule has 0 spiro atoms. The van der Waals surface area contributed by atoms with E-state index in [9.17, 15) is 14.4 Å². The predicted molar refractivity (Wildman–Crippen MR) is 103 cm³/mol. The number of aromatic amines is 1. The Hall–Kier alpha value is -2.91. The second kappa shape index (κ2) is 8.65. The lowest BCUT2D eigenvalue weighted by Gasteiger charge is -2.08. The van der Waals surface area contributed by atoms with Crippen molar-refractivity contribution in [3.05, 3.63) is 52.5 Å². The molecule has 0 saturated carbocycles. The van der Waals surface area contributed by atoms with Crippen molar-refractivity contribution in [1.82, 2.24) is 4.98 Å². The highest BCUT2D eigenvalue weighted by molar-refractivity contribution is 7.17. The van der Waals surface area contributed by atoms with Crippen LogP contribution in [-0.2, 0) is 14.3 Å². The second-order valence-electron chi connectivity index (χ2n) is 5.26. The van der Waals surface area contributed by atoms with Crippen molar-refractivity contribution in [1.29, 1.82) is 0 Å². The Labute approximate surface area is 162 Å². The van der Waals surface area contributed by atoms with E-state index < -0.39 is 24.5 Å². The van der Waals surface area contributed by atoms with Crippen molar-refractivity contribution in [2.75, 3.05) is 18.5 Å². The van der Waals surface area contributed by atoms with Crippen LogP contribution in [0.3, 0.4) is 0 Å². The van der Waals surface area contributed by atoms with E-state index in [1.54, 1.807) is 30.6 Å². The fourth-order valence-electron chi connectivity index (χ4n) is 2.30. The maximum atomic E-state index is 12.4. The van der Waals surface area contributed by atoms with Gasteiger partial charge in [-0.15, -0.1) is 22.7 Å². The molecule has 27 heavy (non-hydrogen) atoms. The van der Waals surface area contributed by atoms with E-state index in [2.05, 4.69) is 10.3 Å². The first-order valence-electron chi connectivity index (χ1n) is 8.03. The van der Waals surface area contributed by atoms with Crippen LogP contribution in [0.25, 0.3) is 10.4 Å². The Bertz CT molecular complexity index is 929. The fraction of sp³-hybridized carbons (Fsp3) is 0.167. The highest BCUT2D eigenvalue weighted by atomic mass is 32.1. The molecule has 3 heterocycles. The summed E-state index contributed by atoms with van der Waals surface area (Å²) in [6.45, 7) is 1.47. The first-order chi connectivity index (χ1) is 13.1. The average molecular weight is 404 g/mol. The van der Waals surface area contributed by atoms with Crippen molar-refractivity contribution in [2.45, 2.75) is 6.92 Å². The number of hydrogen-bond donors (Lipinski definition) is 2. The van der Waals surface area contributed by atoms with Crippen LogP contribution < -0.4 is 5.32 Å². The molecule has 0 bridgehead atoms. The number of rotatable bonds is 7. The molecule has 0 fully saturated rings. The quantitative estimate of drug-likeness (QED) is 0.584. The first-order valence-corrected chi connectivity index (χ1v) is 9.79. The van der Waals surface area contributed by atoms with Crippen molar-refractivity contribution in [2.24, 2.45) is 0 Å². The van der Waals surface area contributed by atoms with Crippen molar-refractivity contribution in [3.63, 3.8) is 0 Å². The maximum Gasteiger partial charge on any atom is 0.355 e. The molecule has 3 aromatic rings. The van der Waals surface area contributed by atoms with Crippen LogP contribution in [0.4, 0.5) is 5.00 Å². The monoisotopic (exact) mass is 404 g/mol. The summed E-state index contributed by atoms with van der Waals surface area (Å²) in [4.78, 5) is 39.9. The zero-order valence-electron chi connectivity index (χ0n) is 14.3. The molecule has 7 nitrogen and oxygen atoms in total. The zero-order valence-corrected chi connectivity index (χ0v) is 15.9. The summed E-state index contributed by atoms with van der Waals surface area (Å²) >= 11 is 2.70. The lowest BCUT2D eigenvalue weighted by molar-refractivity contribution is -0.119. The van der Waals surface area contributed by atoms with E-state index in [1.807, 2.05) is 17.5 Å². The molecule has 9 heteroatoms. The van der Waals surface area contributed by atoms with E-state index in [0.29, 0.717) is 16.1 Å². The second-order valence-corrected chi connectivity index (χ2v) is 7.09. The van der Waals surface area contributed by atoms with E-state index in [-0.39, 0.29) is 12.3 Å². The number of thiophene rings is 2. The van der Waals surface area contributed by atoms with Crippen molar-refractivity contribution in [3.8, 4) is 10.4 Å². The van der Waals surface area contributed by atoms with Gasteiger partial charge in [0.25, 0.3) is 5.91 Å². The first kappa shape index (κ1) is 18.9. The van der Waals surface area contributed by atoms with Gasteiger partial charge >= 0.3 is 11.9 Å². The molecule has 0 aliphatic rings. The van der Waals surface area contributed by atoms with Crippen molar-refractivity contribution >= 4 is 45.5 Å². The van der Waals surface area contributed by atoms with Crippen molar-refractivity contribution < 1.29 is 23.9 Å². The summed E-state index contributed by atoms with van der Waals surface area (Å²) in [5.41, 5.74) is 1.26. The standard InChI is InChI=1S/C18H16N2O5S2/c1-2-24-18(23)15-11(13-6-4-8-26-13)10-27-16(15)20-14(21)9-25-17(22)12-5-3-7-19-12/h3-8,10,19H,2,9H2,1H3,(H,20,21). The number of H-pyrrole nitrogens is 1. The third-order valence-electron chi connectivity index (χ3n) is 3.46. The third kappa shape index (κ3) is 4.44. The van der Waals surface area contributed by atoms with Gasteiger partial charge in [-0.2, -0.15) is 0 Å². The number of anilines is 1. The molecular weight excluding hydrogens is 388 g/mol. The average Bonchev–Trinajstić information content (AvgIpc) is 3.40. The largest absolute Gasteiger partial charge is 0.462 e. The van der Waals surface area contributed by atoms with Gasteiger partial charge < -0.3 is 19.8 Å². The number of ether oxygens (including phenoxy) is 2. The van der Waals surface area contributed by atoms with Crippen LogP contribution in [0.2, 0.25) is 0 Å². The number of aromatic nitrogens is 1. The molecule has 0 radical (unpaired) electrons. The third-order valence-corrected chi connectivity index (χ3v) is 5.26. The minimum absolute atomic E-state index is 0.222. The van der Waals surface area contributed by atoms with Crippen LogP contribution in [0.5, 0.6) is 0 Å². The summed E-state index contributed by atoms with van der Waals surface area (Å²) in [5.74, 6) is -1.69. The van der Waals surface area contributed by atoms with Gasteiger partial charge in [-0.05, 0) is 30.5 Å². The van der Waals surface area contributed by atoms with Crippen LogP contribution in [0.1, 0.15) is 27.8 Å². The SMILES string of the molecule is CCOC(=O)c1c(-c2cccs2)csc1NC(=O)COC(=O)c1ccc[nH]1. The maximum absolute atomic E-state index is 12.4. The van der Waals surface area contributed by atoms with E-state index in [0.717, 1.165) is 4.88 Å². The van der Waals surface area contributed by atoms with Gasteiger partial charge in [0.15, 0.2) is 6.61 Å². The zero-order chi connectivity index (χ0) is 19.2. The Balaban J connectivity index is 1.73. The summed E-state index contributed by atoms with van der Waals surface area (Å²) in [5, 5.41) is 6.68.